The van der Waals surface area contributed by atoms with Crippen LogP contribution in [0.4, 0.5) is 5.69 Å². The molecule has 2 aromatic rings. The highest BCUT2D eigenvalue weighted by Gasteiger charge is 2.10. The Bertz CT molecular complexity index is 795. The summed E-state index contributed by atoms with van der Waals surface area (Å²) < 4.78 is 16.2. The zero-order valence-electron chi connectivity index (χ0n) is 16.4. The molecular formula is C21H26N2O4S. The Hall–Kier alpha value is -2.64. The topological polar surface area (TPSA) is 68.8 Å². The number of methoxy groups -OCH3 is 1. The minimum Gasteiger partial charge on any atom is -0.493 e. The van der Waals surface area contributed by atoms with E-state index >= 15 is 0 Å². The van der Waals surface area contributed by atoms with Gasteiger partial charge in [0.1, 0.15) is 18.1 Å². The summed E-state index contributed by atoms with van der Waals surface area (Å²) in [5, 5.41) is 5.86. The highest BCUT2D eigenvalue weighted by molar-refractivity contribution is 7.80. The van der Waals surface area contributed by atoms with Gasteiger partial charge < -0.3 is 19.5 Å². The molecule has 28 heavy (non-hydrogen) atoms. The van der Waals surface area contributed by atoms with E-state index in [9.17, 15) is 4.79 Å². The van der Waals surface area contributed by atoms with Gasteiger partial charge in [-0.1, -0.05) is 26.0 Å². The predicted molar refractivity (Wildman–Crippen MR) is 114 cm³/mol. The summed E-state index contributed by atoms with van der Waals surface area (Å²) >= 11 is 5.24. The first-order valence-corrected chi connectivity index (χ1v) is 9.45. The summed E-state index contributed by atoms with van der Waals surface area (Å²) in [7, 11) is 1.62. The van der Waals surface area contributed by atoms with E-state index in [-0.39, 0.29) is 11.0 Å². The summed E-state index contributed by atoms with van der Waals surface area (Å²) in [6.45, 7) is 5.69. The largest absolute Gasteiger partial charge is 0.493 e. The minimum absolute atomic E-state index is 0.201. The predicted octanol–water partition coefficient (Wildman–Crippen LogP) is 3.87. The van der Waals surface area contributed by atoms with Crippen LogP contribution in [0, 0.1) is 5.92 Å². The van der Waals surface area contributed by atoms with Crippen LogP contribution in [0.15, 0.2) is 48.5 Å². The number of benzene rings is 2. The van der Waals surface area contributed by atoms with E-state index < -0.39 is 0 Å². The Balaban J connectivity index is 1.91. The van der Waals surface area contributed by atoms with E-state index in [0.29, 0.717) is 48.5 Å². The van der Waals surface area contributed by atoms with Gasteiger partial charge in [0, 0.05) is 24.4 Å². The first kappa shape index (κ1) is 21.7. The van der Waals surface area contributed by atoms with Crippen molar-refractivity contribution in [3.63, 3.8) is 0 Å². The van der Waals surface area contributed by atoms with Crippen molar-refractivity contribution in [3.05, 3.63) is 54.1 Å². The first-order valence-electron chi connectivity index (χ1n) is 9.05. The van der Waals surface area contributed by atoms with E-state index in [1.54, 1.807) is 31.4 Å². The van der Waals surface area contributed by atoms with E-state index in [1.807, 2.05) is 24.3 Å². The molecule has 0 bridgehead atoms. The number of nitrogens with one attached hydrogen (secondary N) is 2. The molecule has 2 rings (SSSR count). The molecule has 6 nitrogen and oxygen atoms in total. The van der Waals surface area contributed by atoms with Gasteiger partial charge in [-0.25, -0.2) is 0 Å². The number of carbonyl (C=O) groups is 1. The van der Waals surface area contributed by atoms with Crippen LogP contribution in [0.3, 0.4) is 0 Å². The average molecular weight is 403 g/mol. The third-order valence-electron chi connectivity index (χ3n) is 3.55. The summed E-state index contributed by atoms with van der Waals surface area (Å²) in [6.07, 6.45) is 0. The molecule has 2 N–H and O–H groups in total. The SMILES string of the molecule is COCCOc1cccc(NC(=S)NC(=O)c2cccc(OCC(C)C)c2)c1. The molecule has 0 atom stereocenters. The van der Waals surface area contributed by atoms with Crippen LogP contribution in [-0.2, 0) is 4.74 Å². The van der Waals surface area contributed by atoms with Gasteiger partial charge in [-0.3, -0.25) is 10.1 Å². The second-order valence-electron chi connectivity index (χ2n) is 6.51. The van der Waals surface area contributed by atoms with Crippen LogP contribution in [-0.4, -0.2) is 38.0 Å². The highest BCUT2D eigenvalue weighted by Crippen LogP contribution is 2.18. The molecule has 0 radical (unpaired) electrons. The second-order valence-corrected chi connectivity index (χ2v) is 6.92. The van der Waals surface area contributed by atoms with Crippen LogP contribution in [0.5, 0.6) is 11.5 Å². The van der Waals surface area contributed by atoms with E-state index in [1.165, 1.54) is 0 Å². The molecule has 0 unspecified atom stereocenters. The number of hydrogen-bond donors (Lipinski definition) is 2. The quantitative estimate of drug-likeness (QED) is 0.490. The van der Waals surface area contributed by atoms with Gasteiger partial charge in [-0.2, -0.15) is 0 Å². The maximum atomic E-state index is 12.4. The Morgan fingerprint density at radius 2 is 1.75 bits per heavy atom. The lowest BCUT2D eigenvalue weighted by molar-refractivity contribution is 0.0977. The summed E-state index contributed by atoms with van der Waals surface area (Å²) in [5.41, 5.74) is 1.19. The molecule has 0 fully saturated rings. The number of ether oxygens (including phenoxy) is 3. The highest BCUT2D eigenvalue weighted by atomic mass is 32.1. The number of amides is 1. The summed E-state index contributed by atoms with van der Waals surface area (Å²) in [4.78, 5) is 12.4. The summed E-state index contributed by atoms with van der Waals surface area (Å²) in [5.74, 6) is 1.44. The van der Waals surface area contributed by atoms with Gasteiger partial charge >= 0.3 is 0 Å². The molecule has 150 valence electrons. The summed E-state index contributed by atoms with van der Waals surface area (Å²) in [6, 6.07) is 14.3. The third kappa shape index (κ3) is 7.54. The van der Waals surface area contributed by atoms with Crippen molar-refractivity contribution in [1.82, 2.24) is 5.32 Å². The molecule has 0 aliphatic rings. The molecular weight excluding hydrogens is 376 g/mol. The average Bonchev–Trinajstić information content (AvgIpc) is 2.67. The van der Waals surface area contributed by atoms with Gasteiger partial charge in [0.25, 0.3) is 5.91 Å². The normalized spacial score (nSPS) is 10.4. The molecule has 1 amide bonds. The fourth-order valence-electron chi connectivity index (χ4n) is 2.23. The van der Waals surface area contributed by atoms with Crippen LogP contribution < -0.4 is 20.1 Å². The standard InChI is InChI=1S/C21H26N2O4S/c1-15(2)14-27-18-8-4-6-16(12-18)20(24)23-21(28)22-17-7-5-9-19(13-17)26-11-10-25-3/h4-9,12-13,15H,10-11,14H2,1-3H3,(H2,22,23,24,28). The first-order chi connectivity index (χ1) is 13.5. The van der Waals surface area contributed by atoms with Crippen molar-refractivity contribution >= 4 is 28.9 Å². The molecule has 0 aliphatic heterocycles. The van der Waals surface area contributed by atoms with Crippen molar-refractivity contribution in [2.45, 2.75) is 13.8 Å². The lowest BCUT2D eigenvalue weighted by atomic mass is 10.2. The number of anilines is 1. The van der Waals surface area contributed by atoms with E-state index in [0.717, 1.165) is 0 Å². The van der Waals surface area contributed by atoms with Crippen molar-refractivity contribution in [2.75, 3.05) is 32.2 Å². The Labute approximate surface area is 171 Å². The molecule has 7 heteroatoms. The van der Waals surface area contributed by atoms with Gasteiger partial charge in [0.2, 0.25) is 0 Å². The number of hydrogen-bond acceptors (Lipinski definition) is 5. The molecule has 0 saturated carbocycles. The van der Waals surface area contributed by atoms with Crippen molar-refractivity contribution < 1.29 is 19.0 Å². The maximum absolute atomic E-state index is 12.4. The van der Waals surface area contributed by atoms with Crippen LogP contribution >= 0.6 is 12.2 Å². The van der Waals surface area contributed by atoms with Gasteiger partial charge in [0.15, 0.2) is 5.11 Å². The molecule has 2 aromatic carbocycles. The lowest BCUT2D eigenvalue weighted by Crippen LogP contribution is -2.34. The van der Waals surface area contributed by atoms with Gasteiger partial charge in [0.05, 0.1) is 13.2 Å². The molecule has 0 spiro atoms. The van der Waals surface area contributed by atoms with Crippen molar-refractivity contribution in [1.29, 1.82) is 0 Å². The second kappa shape index (κ2) is 11.3. The number of carbonyl (C=O) groups excluding carboxylic acids is 1. The van der Waals surface area contributed by atoms with Crippen LogP contribution in [0.25, 0.3) is 0 Å². The molecule has 0 aromatic heterocycles. The minimum atomic E-state index is -0.306. The monoisotopic (exact) mass is 402 g/mol. The maximum Gasteiger partial charge on any atom is 0.257 e. The molecule has 0 heterocycles. The Morgan fingerprint density at radius 1 is 1.04 bits per heavy atom. The van der Waals surface area contributed by atoms with Crippen LogP contribution in [0.2, 0.25) is 0 Å². The Kier molecular flexibility index (Phi) is 8.71. The van der Waals surface area contributed by atoms with Crippen LogP contribution in [0.1, 0.15) is 24.2 Å². The smallest absolute Gasteiger partial charge is 0.257 e. The van der Waals surface area contributed by atoms with Crippen molar-refractivity contribution in [2.24, 2.45) is 5.92 Å². The fourth-order valence-corrected chi connectivity index (χ4v) is 2.44. The van der Waals surface area contributed by atoms with Crippen molar-refractivity contribution in [3.8, 4) is 11.5 Å². The zero-order chi connectivity index (χ0) is 20.4. The molecule has 0 saturated heterocycles. The van der Waals surface area contributed by atoms with E-state index in [2.05, 4.69) is 24.5 Å². The zero-order valence-corrected chi connectivity index (χ0v) is 17.2. The van der Waals surface area contributed by atoms with E-state index in [4.69, 9.17) is 26.4 Å². The molecule has 0 aliphatic carbocycles. The number of thiocarbonyl (C=S) groups is 1. The fraction of sp³-hybridized carbons (Fsp3) is 0.333. The number of rotatable bonds is 9. The third-order valence-corrected chi connectivity index (χ3v) is 3.76. The van der Waals surface area contributed by atoms with Gasteiger partial charge in [-0.05, 0) is 48.5 Å². The van der Waals surface area contributed by atoms with Gasteiger partial charge in [-0.15, -0.1) is 0 Å². The Morgan fingerprint density at radius 3 is 2.46 bits per heavy atom. The lowest BCUT2D eigenvalue weighted by Gasteiger charge is -2.12.